The van der Waals surface area contributed by atoms with Gasteiger partial charge in [-0.05, 0) is 41.8 Å². The minimum atomic E-state index is -4.29. The lowest BCUT2D eigenvalue weighted by Gasteiger charge is -2.29. The number of carboxylic acid groups (broad SMARTS) is 1. The van der Waals surface area contributed by atoms with Gasteiger partial charge < -0.3 is 10.4 Å². The number of carboxylic acids is 1. The Bertz CT molecular complexity index is 1360. The number of nitrogens with one attached hydrogen (secondary N) is 1. The summed E-state index contributed by atoms with van der Waals surface area (Å²) in [5.74, 6) is -1.79. The second kappa shape index (κ2) is 7.66. The highest BCUT2D eigenvalue weighted by atomic mass is 35.5. The van der Waals surface area contributed by atoms with E-state index in [1.807, 2.05) is 0 Å². The van der Waals surface area contributed by atoms with Crippen LogP contribution in [-0.2, 0) is 25.0 Å². The molecule has 10 heteroatoms. The first-order chi connectivity index (χ1) is 15.7. The molecule has 2 aliphatic rings. The van der Waals surface area contributed by atoms with E-state index in [-0.39, 0.29) is 17.2 Å². The van der Waals surface area contributed by atoms with E-state index in [4.69, 9.17) is 11.6 Å². The lowest BCUT2D eigenvalue weighted by molar-refractivity contribution is -0.143. The number of rotatable bonds is 5. The number of hydrogen-bond acceptors (Lipinski definition) is 5. The van der Waals surface area contributed by atoms with Crippen molar-refractivity contribution < 1.29 is 23.1 Å². The molecule has 2 atom stereocenters. The SMILES string of the molecule is O=C1CN(S(=O)(=O)c2ccc(-c3ccc(Cl)cc3)s2)C2(C(=O)O)CC2(c2ccccc2)CN1. The molecule has 1 aromatic heterocycles. The van der Waals surface area contributed by atoms with E-state index in [1.54, 1.807) is 60.7 Å². The Kier molecular flexibility index (Phi) is 5.13. The summed E-state index contributed by atoms with van der Waals surface area (Å²) < 4.78 is 28.4. The fourth-order valence-corrected chi connectivity index (χ4v) is 8.01. The summed E-state index contributed by atoms with van der Waals surface area (Å²) >= 11 is 6.97. The molecule has 1 saturated heterocycles. The highest BCUT2D eigenvalue weighted by molar-refractivity contribution is 7.91. The predicted molar refractivity (Wildman–Crippen MR) is 125 cm³/mol. The highest BCUT2D eigenvalue weighted by Gasteiger charge is 2.79. The minimum Gasteiger partial charge on any atom is -0.480 e. The van der Waals surface area contributed by atoms with Gasteiger partial charge in [0.05, 0.1) is 6.54 Å². The van der Waals surface area contributed by atoms with Crippen LogP contribution in [0.2, 0.25) is 5.02 Å². The molecule has 0 radical (unpaired) electrons. The number of aliphatic carboxylic acids is 1. The van der Waals surface area contributed by atoms with Crippen molar-refractivity contribution in [3.63, 3.8) is 0 Å². The summed E-state index contributed by atoms with van der Waals surface area (Å²) in [7, 11) is -4.29. The molecule has 0 bridgehead atoms. The first kappa shape index (κ1) is 22.1. The average molecular weight is 503 g/mol. The third-order valence-electron chi connectivity index (χ3n) is 6.46. The van der Waals surface area contributed by atoms with Gasteiger partial charge in [-0.15, -0.1) is 11.3 Å². The van der Waals surface area contributed by atoms with Crippen molar-refractivity contribution in [2.45, 2.75) is 21.6 Å². The monoisotopic (exact) mass is 502 g/mol. The Balaban J connectivity index is 1.60. The molecule has 2 aromatic carbocycles. The number of sulfonamides is 1. The molecule has 170 valence electrons. The van der Waals surface area contributed by atoms with E-state index in [2.05, 4.69) is 5.32 Å². The zero-order valence-electron chi connectivity index (χ0n) is 17.2. The van der Waals surface area contributed by atoms with Gasteiger partial charge in [-0.1, -0.05) is 54.1 Å². The smallest absolute Gasteiger partial charge is 0.326 e. The van der Waals surface area contributed by atoms with Gasteiger partial charge in [-0.25, -0.2) is 8.42 Å². The Morgan fingerprint density at radius 2 is 1.76 bits per heavy atom. The van der Waals surface area contributed by atoms with Gasteiger partial charge in [-0.2, -0.15) is 4.31 Å². The number of fused-ring (bicyclic) bond motifs is 1. The molecule has 1 aliphatic heterocycles. The zero-order chi connectivity index (χ0) is 23.4. The van der Waals surface area contributed by atoms with Crippen molar-refractivity contribution in [2.24, 2.45) is 0 Å². The zero-order valence-corrected chi connectivity index (χ0v) is 19.6. The molecule has 1 amide bonds. The molecule has 3 aromatic rings. The highest BCUT2D eigenvalue weighted by Crippen LogP contribution is 2.63. The molecule has 2 heterocycles. The van der Waals surface area contributed by atoms with Crippen molar-refractivity contribution >= 4 is 44.8 Å². The van der Waals surface area contributed by atoms with Gasteiger partial charge in [-0.3, -0.25) is 9.59 Å². The number of carbonyl (C=O) groups excluding carboxylic acids is 1. The number of carbonyl (C=O) groups is 2. The molecular formula is C23H19ClN2O5S2. The van der Waals surface area contributed by atoms with Gasteiger partial charge in [0.15, 0.2) is 0 Å². The van der Waals surface area contributed by atoms with Crippen LogP contribution in [0, 0.1) is 0 Å². The standard InChI is InChI=1S/C23H19ClN2O5S2/c24-17-8-6-15(7-9-17)18-10-11-20(32-18)33(30,31)26-12-19(27)25-14-22(13-23(22,26)21(28)29)16-4-2-1-3-5-16/h1-11H,12-14H2,(H,25,27)(H,28,29). The maximum absolute atomic E-state index is 13.8. The van der Waals surface area contributed by atoms with Crippen LogP contribution in [0.5, 0.6) is 0 Å². The molecule has 1 aliphatic carbocycles. The third-order valence-corrected chi connectivity index (χ3v) is 10.2. The van der Waals surface area contributed by atoms with E-state index in [0.717, 1.165) is 21.2 Å². The molecule has 2 N–H and O–H groups in total. The first-order valence-corrected chi connectivity index (χ1v) is 12.8. The Labute approximate surface area is 199 Å². The van der Waals surface area contributed by atoms with Crippen LogP contribution in [0.4, 0.5) is 0 Å². The first-order valence-electron chi connectivity index (χ1n) is 10.1. The summed E-state index contributed by atoms with van der Waals surface area (Å²) in [5, 5.41) is 13.6. The van der Waals surface area contributed by atoms with Crippen LogP contribution in [0.25, 0.3) is 10.4 Å². The predicted octanol–water partition coefficient (Wildman–Crippen LogP) is 3.35. The third kappa shape index (κ3) is 3.30. The molecule has 7 nitrogen and oxygen atoms in total. The lowest BCUT2D eigenvalue weighted by atomic mass is 9.90. The van der Waals surface area contributed by atoms with Crippen molar-refractivity contribution in [3.8, 4) is 10.4 Å². The summed E-state index contributed by atoms with van der Waals surface area (Å²) in [6, 6.07) is 19.0. The number of nitrogens with zero attached hydrogens (tertiary/aromatic N) is 1. The van der Waals surface area contributed by atoms with Crippen LogP contribution < -0.4 is 5.32 Å². The fourth-order valence-electron chi connectivity index (χ4n) is 4.71. The van der Waals surface area contributed by atoms with Gasteiger partial charge in [0.2, 0.25) is 5.91 Å². The van der Waals surface area contributed by atoms with Crippen LogP contribution in [-0.4, -0.2) is 48.3 Å². The topological polar surface area (TPSA) is 104 Å². The van der Waals surface area contributed by atoms with Crippen molar-refractivity contribution in [1.82, 2.24) is 9.62 Å². The Hall–Kier alpha value is -2.72. The fraction of sp³-hybridized carbons (Fsp3) is 0.217. The maximum atomic E-state index is 13.8. The average Bonchev–Trinajstić information content (AvgIpc) is 3.27. The van der Waals surface area contributed by atoms with Crippen LogP contribution in [0.1, 0.15) is 12.0 Å². The van der Waals surface area contributed by atoms with E-state index < -0.39 is 39.4 Å². The second-order valence-electron chi connectivity index (χ2n) is 8.20. The normalized spacial score (nSPS) is 25.1. The van der Waals surface area contributed by atoms with E-state index in [9.17, 15) is 23.1 Å². The van der Waals surface area contributed by atoms with E-state index in [0.29, 0.717) is 15.5 Å². The number of amides is 1. The molecule has 1 saturated carbocycles. The maximum Gasteiger partial charge on any atom is 0.326 e. The molecule has 5 rings (SSSR count). The number of thiophene rings is 1. The minimum absolute atomic E-state index is 0.0170. The Morgan fingerprint density at radius 1 is 1.06 bits per heavy atom. The Morgan fingerprint density at radius 3 is 2.42 bits per heavy atom. The summed E-state index contributed by atoms with van der Waals surface area (Å²) in [6.07, 6.45) is 0.0777. The number of halogens is 1. The van der Waals surface area contributed by atoms with Crippen molar-refractivity contribution in [1.29, 1.82) is 0 Å². The second-order valence-corrected chi connectivity index (χ2v) is 11.8. The van der Waals surface area contributed by atoms with E-state index >= 15 is 0 Å². The molecule has 0 spiro atoms. The number of hydrogen-bond donors (Lipinski definition) is 2. The van der Waals surface area contributed by atoms with Crippen molar-refractivity contribution in [2.75, 3.05) is 13.1 Å². The van der Waals surface area contributed by atoms with Gasteiger partial charge in [0.25, 0.3) is 10.0 Å². The van der Waals surface area contributed by atoms with Gasteiger partial charge >= 0.3 is 5.97 Å². The summed E-state index contributed by atoms with van der Waals surface area (Å²) in [6.45, 7) is -0.508. The molecule has 2 fully saturated rings. The van der Waals surface area contributed by atoms with Gasteiger partial charge in [0, 0.05) is 21.9 Å². The van der Waals surface area contributed by atoms with E-state index in [1.165, 1.54) is 6.07 Å². The van der Waals surface area contributed by atoms with Crippen LogP contribution in [0.15, 0.2) is 70.9 Å². The molecule has 2 unspecified atom stereocenters. The lowest BCUT2D eigenvalue weighted by Crippen LogP contribution is -2.52. The number of benzene rings is 2. The summed E-state index contributed by atoms with van der Waals surface area (Å²) in [4.78, 5) is 25.9. The van der Waals surface area contributed by atoms with Crippen molar-refractivity contribution in [3.05, 3.63) is 77.3 Å². The quantitative estimate of drug-likeness (QED) is 0.557. The van der Waals surface area contributed by atoms with Gasteiger partial charge in [0.1, 0.15) is 9.75 Å². The molecule has 33 heavy (non-hydrogen) atoms. The summed E-state index contributed by atoms with van der Waals surface area (Å²) in [5.41, 5.74) is -1.33. The molecular weight excluding hydrogens is 484 g/mol. The van der Waals surface area contributed by atoms with Crippen LogP contribution >= 0.6 is 22.9 Å². The largest absolute Gasteiger partial charge is 0.480 e. The van der Waals surface area contributed by atoms with Crippen LogP contribution in [0.3, 0.4) is 0 Å².